The molecule has 2 aromatic rings. The van der Waals surface area contributed by atoms with E-state index in [-0.39, 0.29) is 23.7 Å². The second-order valence-corrected chi connectivity index (χ2v) is 6.53. The molecule has 1 aromatic carbocycles. The van der Waals surface area contributed by atoms with Crippen LogP contribution in [0.5, 0.6) is 0 Å². The van der Waals surface area contributed by atoms with Crippen LogP contribution >= 0.6 is 0 Å². The molecule has 4 rings (SSSR count). The molecule has 1 heterocycles. The van der Waals surface area contributed by atoms with Crippen molar-refractivity contribution >= 4 is 5.97 Å². The summed E-state index contributed by atoms with van der Waals surface area (Å²) in [5.41, 5.74) is 3.64. The summed E-state index contributed by atoms with van der Waals surface area (Å²) in [6, 6.07) is 14.6. The summed E-state index contributed by atoms with van der Waals surface area (Å²) in [7, 11) is 0. The van der Waals surface area contributed by atoms with E-state index in [1.54, 1.807) is 0 Å². The first-order valence-corrected chi connectivity index (χ1v) is 8.47. The quantitative estimate of drug-likeness (QED) is 0.783. The van der Waals surface area contributed by atoms with E-state index in [4.69, 9.17) is 4.74 Å². The molecule has 0 bridgehead atoms. The summed E-state index contributed by atoms with van der Waals surface area (Å²) in [6.45, 7) is 2.30. The molecule has 2 aliphatic rings. The van der Waals surface area contributed by atoms with Gasteiger partial charge in [-0.1, -0.05) is 30.3 Å². The van der Waals surface area contributed by atoms with Crippen LogP contribution < -0.4 is 0 Å². The maximum absolute atomic E-state index is 12.4. The summed E-state index contributed by atoms with van der Waals surface area (Å²) in [5, 5.41) is 0. The van der Waals surface area contributed by atoms with E-state index in [9.17, 15) is 4.79 Å². The van der Waals surface area contributed by atoms with Crippen molar-refractivity contribution in [2.24, 2.45) is 5.92 Å². The number of benzene rings is 1. The number of carbonyl (C=O) groups excluding carboxylic acids is 1. The average Bonchev–Trinajstić information content (AvgIpc) is 3.49. The van der Waals surface area contributed by atoms with Crippen molar-refractivity contribution in [2.75, 3.05) is 6.61 Å². The predicted molar refractivity (Wildman–Crippen MR) is 88.3 cm³/mol. The summed E-state index contributed by atoms with van der Waals surface area (Å²) < 4.78 is 5.30. The van der Waals surface area contributed by atoms with Crippen molar-refractivity contribution in [2.45, 2.75) is 37.5 Å². The molecule has 1 aromatic heterocycles. The fraction of sp³-hybridized carbons (Fsp3) is 0.400. The Kier molecular flexibility index (Phi) is 3.64. The van der Waals surface area contributed by atoms with Crippen molar-refractivity contribution in [3.63, 3.8) is 0 Å². The lowest BCUT2D eigenvalue weighted by molar-refractivity contribution is -0.144. The van der Waals surface area contributed by atoms with Gasteiger partial charge >= 0.3 is 5.97 Å². The lowest BCUT2D eigenvalue weighted by Gasteiger charge is -2.04. The molecule has 0 aliphatic heterocycles. The minimum atomic E-state index is -0.0730. The second-order valence-electron chi connectivity index (χ2n) is 6.53. The molecule has 2 aliphatic carbocycles. The van der Waals surface area contributed by atoms with Crippen LogP contribution in [0.3, 0.4) is 0 Å². The Morgan fingerprint density at radius 3 is 2.57 bits per heavy atom. The lowest BCUT2D eigenvalue weighted by Crippen LogP contribution is -2.08. The third-order valence-corrected chi connectivity index (χ3v) is 4.95. The molecule has 0 amide bonds. The van der Waals surface area contributed by atoms with Gasteiger partial charge in [0.15, 0.2) is 0 Å². The number of hydrogen-bond acceptors (Lipinski definition) is 3. The highest BCUT2D eigenvalue weighted by atomic mass is 16.5. The molecule has 0 saturated heterocycles. The molecule has 2 saturated carbocycles. The monoisotopic (exact) mass is 307 g/mol. The Labute approximate surface area is 136 Å². The Morgan fingerprint density at radius 1 is 1.13 bits per heavy atom. The zero-order chi connectivity index (χ0) is 15.8. The van der Waals surface area contributed by atoms with Crippen LogP contribution in [0.2, 0.25) is 0 Å². The van der Waals surface area contributed by atoms with Gasteiger partial charge in [0.1, 0.15) is 0 Å². The average molecular weight is 307 g/mol. The maximum atomic E-state index is 12.4. The number of ether oxygens (including phenoxy) is 1. The normalized spacial score (nSPS) is 25.9. The number of esters is 1. The number of hydrogen-bond donors (Lipinski definition) is 0. The van der Waals surface area contributed by atoms with E-state index in [1.165, 1.54) is 29.7 Å². The number of nitrogens with zero attached hydrogens (tertiary/aromatic N) is 1. The molecule has 23 heavy (non-hydrogen) atoms. The van der Waals surface area contributed by atoms with Crippen LogP contribution in [0.25, 0.3) is 0 Å². The largest absolute Gasteiger partial charge is 0.466 e. The van der Waals surface area contributed by atoms with Crippen molar-refractivity contribution in [1.82, 2.24) is 4.98 Å². The van der Waals surface area contributed by atoms with E-state index in [0.717, 1.165) is 0 Å². The van der Waals surface area contributed by atoms with Crippen molar-refractivity contribution in [3.05, 3.63) is 65.5 Å². The predicted octanol–water partition coefficient (Wildman–Crippen LogP) is 4.02. The Hall–Kier alpha value is -2.16. The summed E-state index contributed by atoms with van der Waals surface area (Å²) in [6.07, 6.45) is 4.38. The van der Waals surface area contributed by atoms with Gasteiger partial charge in [-0.3, -0.25) is 9.78 Å². The molecule has 2 fully saturated rings. The first kappa shape index (κ1) is 14.4. The molecular weight excluding hydrogens is 286 g/mol. The van der Waals surface area contributed by atoms with Gasteiger partial charge in [0.25, 0.3) is 0 Å². The van der Waals surface area contributed by atoms with Gasteiger partial charge in [0.05, 0.1) is 12.5 Å². The fourth-order valence-corrected chi connectivity index (χ4v) is 3.62. The summed E-state index contributed by atoms with van der Waals surface area (Å²) >= 11 is 0. The minimum absolute atomic E-state index is 0.0631. The molecule has 0 spiro atoms. The zero-order valence-corrected chi connectivity index (χ0v) is 13.3. The van der Waals surface area contributed by atoms with Gasteiger partial charge in [-0.05, 0) is 43.0 Å². The van der Waals surface area contributed by atoms with Crippen LogP contribution in [-0.4, -0.2) is 17.6 Å². The number of rotatable bonds is 5. The van der Waals surface area contributed by atoms with E-state index < -0.39 is 0 Å². The SMILES string of the molecule is CCOC(=O)[C@@H]1[C@H](c2ccccc2)[C@H]1c1ccnc(C2CC2)c1. The third-order valence-electron chi connectivity index (χ3n) is 4.95. The van der Waals surface area contributed by atoms with Crippen molar-refractivity contribution in [1.29, 1.82) is 0 Å². The highest BCUT2D eigenvalue weighted by Crippen LogP contribution is 2.61. The highest BCUT2D eigenvalue weighted by Gasteiger charge is 2.57. The molecule has 3 heteroatoms. The van der Waals surface area contributed by atoms with E-state index in [1.807, 2.05) is 31.3 Å². The Bertz CT molecular complexity index is 709. The van der Waals surface area contributed by atoms with E-state index in [2.05, 4.69) is 29.2 Å². The van der Waals surface area contributed by atoms with Gasteiger partial charge in [-0.25, -0.2) is 0 Å². The lowest BCUT2D eigenvalue weighted by atomic mass is 10.0. The Morgan fingerprint density at radius 2 is 1.87 bits per heavy atom. The first-order chi connectivity index (χ1) is 11.3. The van der Waals surface area contributed by atoms with Crippen molar-refractivity contribution < 1.29 is 9.53 Å². The number of carbonyl (C=O) groups is 1. The van der Waals surface area contributed by atoms with Gasteiger partial charge in [0.2, 0.25) is 0 Å². The maximum Gasteiger partial charge on any atom is 0.310 e. The smallest absolute Gasteiger partial charge is 0.310 e. The van der Waals surface area contributed by atoms with Gasteiger partial charge in [-0.15, -0.1) is 0 Å². The van der Waals surface area contributed by atoms with E-state index in [0.29, 0.717) is 12.5 Å². The van der Waals surface area contributed by atoms with E-state index >= 15 is 0 Å². The van der Waals surface area contributed by atoms with Crippen LogP contribution in [0.15, 0.2) is 48.7 Å². The van der Waals surface area contributed by atoms with Gasteiger partial charge in [0, 0.05) is 29.6 Å². The van der Waals surface area contributed by atoms with Crippen LogP contribution in [0.4, 0.5) is 0 Å². The third kappa shape index (κ3) is 2.76. The molecule has 0 unspecified atom stereocenters. The fourth-order valence-electron chi connectivity index (χ4n) is 3.62. The molecule has 118 valence electrons. The first-order valence-electron chi connectivity index (χ1n) is 8.47. The molecule has 3 nitrogen and oxygen atoms in total. The van der Waals surface area contributed by atoms with Crippen LogP contribution in [0, 0.1) is 5.92 Å². The molecule has 0 N–H and O–H groups in total. The van der Waals surface area contributed by atoms with Gasteiger partial charge in [-0.2, -0.15) is 0 Å². The highest BCUT2D eigenvalue weighted by molar-refractivity contribution is 5.80. The number of aromatic nitrogens is 1. The van der Waals surface area contributed by atoms with Crippen LogP contribution in [0.1, 0.15) is 54.3 Å². The zero-order valence-electron chi connectivity index (χ0n) is 13.3. The minimum Gasteiger partial charge on any atom is -0.466 e. The van der Waals surface area contributed by atoms with Crippen LogP contribution in [-0.2, 0) is 9.53 Å². The summed E-state index contributed by atoms with van der Waals surface area (Å²) in [4.78, 5) is 16.9. The Balaban J connectivity index is 1.64. The second kappa shape index (κ2) is 5.80. The molecular formula is C20H21NO2. The van der Waals surface area contributed by atoms with Crippen molar-refractivity contribution in [3.8, 4) is 0 Å². The topological polar surface area (TPSA) is 39.2 Å². The molecule has 3 atom stereocenters. The summed E-state index contributed by atoms with van der Waals surface area (Å²) in [5.74, 6) is 0.939. The van der Waals surface area contributed by atoms with Gasteiger partial charge < -0.3 is 4.74 Å². The standard InChI is InChI=1S/C20H21NO2/c1-2-23-20(22)19-17(14-6-4-3-5-7-14)18(19)15-10-11-21-16(12-15)13-8-9-13/h3-7,10-13,17-19H,2,8-9H2,1H3/t17-,18-,19-/m1/s1. The number of pyridine rings is 1. The molecule has 0 radical (unpaired) electrons.